The van der Waals surface area contributed by atoms with Crippen molar-refractivity contribution in [2.45, 2.75) is 49.8 Å². The van der Waals surface area contributed by atoms with E-state index in [9.17, 15) is 12.8 Å². The van der Waals surface area contributed by atoms with Crippen molar-refractivity contribution in [2.75, 3.05) is 7.11 Å². The van der Waals surface area contributed by atoms with Crippen LogP contribution in [0.3, 0.4) is 0 Å². The monoisotopic (exact) mass is 457 g/mol. The Hall–Kier alpha value is -2.75. The van der Waals surface area contributed by atoms with Crippen LogP contribution < -0.4 is 9.46 Å². The number of ether oxygens (including phenoxy) is 2. The zero-order valence-electron chi connectivity index (χ0n) is 17.8. The van der Waals surface area contributed by atoms with Crippen LogP contribution >= 0.6 is 0 Å². The van der Waals surface area contributed by atoms with Crippen molar-refractivity contribution >= 4 is 10.0 Å². The van der Waals surface area contributed by atoms with Crippen LogP contribution in [-0.2, 0) is 27.8 Å². The lowest BCUT2D eigenvalue weighted by atomic mass is 10.0. The van der Waals surface area contributed by atoms with Gasteiger partial charge in [0, 0.05) is 29.7 Å². The first-order valence-corrected chi connectivity index (χ1v) is 12.0. The van der Waals surface area contributed by atoms with Crippen molar-refractivity contribution in [1.29, 1.82) is 0 Å². The first-order chi connectivity index (χ1) is 15.4. The number of sulfonamides is 1. The highest BCUT2D eigenvalue weighted by atomic mass is 32.2. The molecule has 1 fully saturated rings. The lowest BCUT2D eigenvalue weighted by Gasteiger charge is -2.21. The average molecular weight is 458 g/mol. The molecule has 0 amide bonds. The molecule has 0 bridgehead atoms. The van der Waals surface area contributed by atoms with Gasteiger partial charge < -0.3 is 9.47 Å². The summed E-state index contributed by atoms with van der Waals surface area (Å²) in [6.45, 7) is 2.39. The third kappa shape index (κ3) is 3.92. The molecule has 7 nitrogen and oxygen atoms in total. The number of halogens is 1. The number of nitrogens with one attached hydrogen (secondary N) is 1. The summed E-state index contributed by atoms with van der Waals surface area (Å²) in [6, 6.07) is 11.4. The van der Waals surface area contributed by atoms with Crippen LogP contribution in [0, 0.1) is 5.82 Å². The molecule has 2 aliphatic rings. The van der Waals surface area contributed by atoms with E-state index in [-0.39, 0.29) is 22.8 Å². The Morgan fingerprint density at radius 3 is 2.62 bits per heavy atom. The Bertz CT molecular complexity index is 1270. The van der Waals surface area contributed by atoms with Crippen LogP contribution in [0.1, 0.15) is 31.0 Å². The van der Waals surface area contributed by atoms with Crippen LogP contribution in [0.25, 0.3) is 16.9 Å². The minimum atomic E-state index is -3.52. The lowest BCUT2D eigenvalue weighted by Crippen LogP contribution is -2.25. The topological polar surface area (TPSA) is 82.5 Å². The molecule has 5 rings (SSSR count). The van der Waals surface area contributed by atoms with Gasteiger partial charge in [0.25, 0.3) is 0 Å². The molecule has 0 unspecified atom stereocenters. The third-order valence-corrected chi connectivity index (χ3v) is 7.34. The van der Waals surface area contributed by atoms with Crippen LogP contribution in [0.15, 0.2) is 47.4 Å². The Labute approximate surface area is 186 Å². The molecular formula is C23H24FN3O4S. The van der Waals surface area contributed by atoms with E-state index in [1.165, 1.54) is 13.2 Å². The number of methoxy groups -OCH3 is 1. The predicted molar refractivity (Wildman–Crippen MR) is 117 cm³/mol. The Kier molecular flexibility index (Phi) is 5.27. The van der Waals surface area contributed by atoms with Crippen molar-refractivity contribution in [2.24, 2.45) is 0 Å². The Morgan fingerprint density at radius 2 is 1.94 bits per heavy atom. The summed E-state index contributed by atoms with van der Waals surface area (Å²) in [4.78, 5) is 0.231. The molecule has 0 spiro atoms. The van der Waals surface area contributed by atoms with Crippen molar-refractivity contribution in [3.05, 3.63) is 59.5 Å². The molecule has 9 heteroatoms. The van der Waals surface area contributed by atoms with Gasteiger partial charge in [0.05, 0.1) is 41.8 Å². The van der Waals surface area contributed by atoms with Crippen LogP contribution in [0.4, 0.5) is 4.39 Å². The molecule has 0 saturated heterocycles. The molecule has 2 aromatic carbocycles. The normalized spacial score (nSPS) is 18.4. The lowest BCUT2D eigenvalue weighted by molar-refractivity contribution is 0.0401. The van der Waals surface area contributed by atoms with E-state index >= 15 is 0 Å². The highest BCUT2D eigenvalue weighted by Crippen LogP contribution is 2.34. The van der Waals surface area contributed by atoms with Gasteiger partial charge in [-0.25, -0.2) is 22.2 Å². The van der Waals surface area contributed by atoms with Gasteiger partial charge in [0.15, 0.2) is 11.6 Å². The van der Waals surface area contributed by atoms with E-state index in [0.717, 1.165) is 29.7 Å². The van der Waals surface area contributed by atoms with Crippen LogP contribution in [0.2, 0.25) is 0 Å². The second-order valence-corrected chi connectivity index (χ2v) is 9.96. The molecule has 2 heterocycles. The van der Waals surface area contributed by atoms with E-state index in [1.54, 1.807) is 41.1 Å². The molecule has 1 N–H and O–H groups in total. The van der Waals surface area contributed by atoms with E-state index < -0.39 is 15.8 Å². The predicted octanol–water partition coefficient (Wildman–Crippen LogP) is 3.59. The maximum absolute atomic E-state index is 13.9. The van der Waals surface area contributed by atoms with Gasteiger partial charge in [0.1, 0.15) is 0 Å². The molecule has 1 aliphatic carbocycles. The fraction of sp³-hybridized carbons (Fsp3) is 0.348. The zero-order chi connectivity index (χ0) is 22.5. The first kappa shape index (κ1) is 21.1. The van der Waals surface area contributed by atoms with Crippen molar-refractivity contribution < 1.29 is 22.3 Å². The third-order valence-electron chi connectivity index (χ3n) is 5.80. The van der Waals surface area contributed by atoms with Gasteiger partial charge in [-0.15, -0.1) is 0 Å². The molecule has 1 aliphatic heterocycles. The number of aromatic nitrogens is 2. The summed E-state index contributed by atoms with van der Waals surface area (Å²) < 4.78 is 54.4. The molecular weight excluding hydrogens is 433 g/mol. The van der Waals surface area contributed by atoms with Gasteiger partial charge in [0.2, 0.25) is 10.0 Å². The summed E-state index contributed by atoms with van der Waals surface area (Å²) in [5, 5.41) is 4.82. The maximum Gasteiger partial charge on any atom is 0.240 e. The minimum Gasteiger partial charge on any atom is -0.494 e. The van der Waals surface area contributed by atoms with E-state index in [2.05, 4.69) is 4.72 Å². The number of hydrogen-bond acceptors (Lipinski definition) is 5. The molecule has 168 valence electrons. The van der Waals surface area contributed by atoms with Gasteiger partial charge in [-0.05, 0) is 44.0 Å². The molecule has 1 atom stereocenters. The quantitative estimate of drug-likeness (QED) is 0.612. The average Bonchev–Trinajstić information content (AvgIpc) is 3.51. The fourth-order valence-corrected chi connectivity index (χ4v) is 5.21. The first-order valence-electron chi connectivity index (χ1n) is 10.5. The van der Waals surface area contributed by atoms with Gasteiger partial charge >= 0.3 is 0 Å². The summed E-state index contributed by atoms with van der Waals surface area (Å²) >= 11 is 0. The second-order valence-electron chi connectivity index (χ2n) is 8.25. The summed E-state index contributed by atoms with van der Waals surface area (Å²) in [6.07, 6.45) is 2.44. The smallest absolute Gasteiger partial charge is 0.240 e. The molecule has 0 radical (unpaired) electrons. The summed E-state index contributed by atoms with van der Waals surface area (Å²) in [7, 11) is -2.09. The van der Waals surface area contributed by atoms with Crippen molar-refractivity contribution in [1.82, 2.24) is 14.5 Å². The Balaban J connectivity index is 1.55. The molecule has 32 heavy (non-hydrogen) atoms. The maximum atomic E-state index is 13.9. The number of fused-ring (bicyclic) bond motifs is 1. The SMILES string of the molecule is COc1cc(-n2nc(-c3ccc(S(=O)(=O)NC4CC4)cc3)c3c2C[C@H](C)OC3)ccc1F. The number of nitrogens with zero attached hydrogens (tertiary/aromatic N) is 2. The van der Waals surface area contributed by atoms with E-state index in [4.69, 9.17) is 14.6 Å². The van der Waals surface area contributed by atoms with Gasteiger partial charge in [-0.3, -0.25) is 0 Å². The largest absolute Gasteiger partial charge is 0.494 e. The minimum absolute atomic E-state index is 0.0224. The van der Waals surface area contributed by atoms with Gasteiger partial charge in [-0.2, -0.15) is 5.10 Å². The van der Waals surface area contributed by atoms with Crippen LogP contribution in [0.5, 0.6) is 5.75 Å². The summed E-state index contributed by atoms with van der Waals surface area (Å²) in [5.74, 6) is -0.295. The number of rotatable bonds is 6. The molecule has 1 aromatic heterocycles. The Morgan fingerprint density at radius 1 is 1.19 bits per heavy atom. The highest BCUT2D eigenvalue weighted by molar-refractivity contribution is 7.89. The van der Waals surface area contributed by atoms with Crippen molar-refractivity contribution in [3.8, 4) is 22.7 Å². The fourth-order valence-electron chi connectivity index (χ4n) is 3.91. The zero-order valence-corrected chi connectivity index (χ0v) is 18.7. The number of hydrogen-bond donors (Lipinski definition) is 1. The second kappa shape index (κ2) is 7.99. The summed E-state index contributed by atoms with van der Waals surface area (Å²) in [5.41, 5.74) is 4.12. The van der Waals surface area contributed by atoms with E-state index in [0.29, 0.717) is 24.4 Å². The molecule has 3 aromatic rings. The molecule has 1 saturated carbocycles. The van der Waals surface area contributed by atoms with E-state index in [1.807, 2.05) is 6.92 Å². The number of benzene rings is 2. The van der Waals surface area contributed by atoms with Gasteiger partial charge in [-0.1, -0.05) is 12.1 Å². The van der Waals surface area contributed by atoms with Crippen molar-refractivity contribution in [3.63, 3.8) is 0 Å². The van der Waals surface area contributed by atoms with Crippen LogP contribution in [-0.4, -0.2) is 37.5 Å². The standard InChI is InChI=1S/C23H24FN3O4S/c1-14-11-21-19(13-31-14)23(25-27(21)17-7-10-20(24)22(12-17)30-2)15-3-8-18(9-4-15)32(28,29)26-16-5-6-16/h3-4,7-10,12,14,16,26H,5-6,11,13H2,1-2H3/t14-/m0/s1. The highest BCUT2D eigenvalue weighted by Gasteiger charge is 2.29.